The third-order valence-electron chi connectivity index (χ3n) is 0. The summed E-state index contributed by atoms with van der Waals surface area (Å²) in [4.78, 5) is 0. The SMILES string of the molecule is F.[CaH2].[MgH2].[NaH]. The predicted molar refractivity (Wildman–Crippen MR) is 26.7 cm³/mol. The topological polar surface area (TPSA) is 0 Å². The van der Waals surface area contributed by atoms with Gasteiger partial charge in [-0.05, 0) is 0 Å². The monoisotopic (exact) mass is 112 g/mol. The predicted octanol–water partition coefficient (Wildman–Crippen LogP) is -2.33. The Morgan fingerprint density at radius 2 is 1.00 bits per heavy atom. The van der Waals surface area contributed by atoms with E-state index in [1.54, 1.807) is 0 Å². The molecule has 4 heavy (non-hydrogen) atoms. The molecular formula is H6CaFMgNa. The molecule has 0 amide bonds. The van der Waals surface area contributed by atoms with E-state index < -0.39 is 0 Å². The van der Waals surface area contributed by atoms with Crippen molar-refractivity contribution in [3.8, 4) is 0 Å². The third-order valence-corrected chi connectivity index (χ3v) is 0. The molecule has 0 saturated heterocycles. The van der Waals surface area contributed by atoms with Gasteiger partial charge in [0.15, 0.2) is 0 Å². The zero-order chi connectivity index (χ0) is 0. The van der Waals surface area contributed by atoms with Crippen molar-refractivity contribution in [1.29, 1.82) is 0 Å². The molecule has 0 bridgehead atoms. The van der Waals surface area contributed by atoms with E-state index >= 15 is 0 Å². The van der Waals surface area contributed by atoms with Gasteiger partial charge in [0, 0.05) is 0 Å². The number of halogens is 1. The molecule has 0 unspecified atom stereocenters. The second-order valence-corrected chi connectivity index (χ2v) is 0. The van der Waals surface area contributed by atoms with Gasteiger partial charge in [0.25, 0.3) is 0 Å². The molecule has 0 aliphatic heterocycles. The van der Waals surface area contributed by atoms with Gasteiger partial charge in [-0.1, -0.05) is 0 Å². The van der Waals surface area contributed by atoms with Crippen molar-refractivity contribution >= 4 is 90.3 Å². The fourth-order valence-electron chi connectivity index (χ4n) is 0. The molecule has 0 heterocycles. The van der Waals surface area contributed by atoms with E-state index in [9.17, 15) is 0 Å². The number of rotatable bonds is 0. The molecule has 0 fully saturated rings. The molecule has 0 aliphatic rings. The summed E-state index contributed by atoms with van der Waals surface area (Å²) in [5.74, 6) is 0. The first kappa shape index (κ1) is 28.2. The summed E-state index contributed by atoms with van der Waals surface area (Å²) in [5, 5.41) is 0. The fourth-order valence-corrected chi connectivity index (χ4v) is 0. The summed E-state index contributed by atoms with van der Waals surface area (Å²) in [6.45, 7) is 0. The third kappa shape index (κ3) is 8.88. The van der Waals surface area contributed by atoms with Crippen molar-refractivity contribution in [2.75, 3.05) is 0 Å². The van der Waals surface area contributed by atoms with E-state index in [2.05, 4.69) is 0 Å². The molecule has 4 heteroatoms. The first-order valence-corrected chi connectivity index (χ1v) is 0. The van der Waals surface area contributed by atoms with Crippen molar-refractivity contribution < 1.29 is 4.70 Å². The fraction of sp³-hybridized carbons (Fsp3) is 0. The molecule has 0 aromatic carbocycles. The molecule has 0 rings (SSSR count). The second-order valence-electron chi connectivity index (χ2n) is 0. The minimum absolute atomic E-state index is 0. The van der Waals surface area contributed by atoms with Crippen LogP contribution in [0.4, 0.5) is 4.70 Å². The van der Waals surface area contributed by atoms with E-state index in [1.807, 2.05) is 0 Å². The van der Waals surface area contributed by atoms with Crippen LogP contribution in [-0.2, 0) is 0 Å². The molecule has 0 spiro atoms. The van der Waals surface area contributed by atoms with Gasteiger partial charge in [-0.3, -0.25) is 4.70 Å². The van der Waals surface area contributed by atoms with Gasteiger partial charge in [-0.2, -0.15) is 0 Å². The van der Waals surface area contributed by atoms with E-state index in [-0.39, 0.29) is 95.1 Å². The van der Waals surface area contributed by atoms with Gasteiger partial charge >= 0.3 is 90.3 Å². The molecule has 18 valence electrons. The van der Waals surface area contributed by atoms with Crippen molar-refractivity contribution in [3.05, 3.63) is 0 Å². The Labute approximate surface area is 92.9 Å². The van der Waals surface area contributed by atoms with Gasteiger partial charge in [0.2, 0.25) is 0 Å². The van der Waals surface area contributed by atoms with Crippen LogP contribution >= 0.6 is 0 Å². The average Bonchev–Trinajstić information content (AvgIpc) is 0. The van der Waals surface area contributed by atoms with Crippen molar-refractivity contribution in [1.82, 2.24) is 0 Å². The Balaban J connectivity index is 0. The van der Waals surface area contributed by atoms with E-state index in [4.69, 9.17) is 0 Å². The molecule has 0 saturated carbocycles. The number of hydrogen-bond acceptors (Lipinski definition) is 0. The van der Waals surface area contributed by atoms with Crippen LogP contribution in [0.1, 0.15) is 0 Å². The molecular weight excluding hydrogens is 106 g/mol. The second kappa shape index (κ2) is 16.7. The normalized spacial score (nSPS) is 0. The van der Waals surface area contributed by atoms with Crippen LogP contribution in [0.25, 0.3) is 0 Å². The molecule has 0 radical (unpaired) electrons. The Bertz CT molecular complexity index is 8.00. The maximum absolute atomic E-state index is 0. The Hall–Kier alpha value is 2.96. The summed E-state index contributed by atoms with van der Waals surface area (Å²) >= 11 is 0. The van der Waals surface area contributed by atoms with Crippen molar-refractivity contribution in [2.45, 2.75) is 0 Å². The van der Waals surface area contributed by atoms with Gasteiger partial charge in [0.05, 0.1) is 0 Å². The maximum atomic E-state index is 0. The van der Waals surface area contributed by atoms with Gasteiger partial charge < -0.3 is 0 Å². The first-order valence-electron chi connectivity index (χ1n) is 0. The van der Waals surface area contributed by atoms with E-state index in [0.717, 1.165) is 0 Å². The molecule has 0 aliphatic carbocycles. The van der Waals surface area contributed by atoms with Crippen LogP contribution in [0.3, 0.4) is 0 Å². The minimum atomic E-state index is 0. The van der Waals surface area contributed by atoms with Crippen molar-refractivity contribution in [2.24, 2.45) is 0 Å². The Kier molecular flexibility index (Phi) is 118. The van der Waals surface area contributed by atoms with E-state index in [1.165, 1.54) is 0 Å². The van der Waals surface area contributed by atoms with Crippen LogP contribution in [0.5, 0.6) is 0 Å². The molecule has 0 nitrogen and oxygen atoms in total. The van der Waals surface area contributed by atoms with Crippen LogP contribution in [0.2, 0.25) is 0 Å². The summed E-state index contributed by atoms with van der Waals surface area (Å²) in [6.07, 6.45) is 0. The first-order chi connectivity index (χ1) is 0. The summed E-state index contributed by atoms with van der Waals surface area (Å²) in [7, 11) is 0. The average molecular weight is 112 g/mol. The Morgan fingerprint density at radius 3 is 1.00 bits per heavy atom. The summed E-state index contributed by atoms with van der Waals surface area (Å²) in [6, 6.07) is 0. The Morgan fingerprint density at radius 1 is 1.00 bits per heavy atom. The van der Waals surface area contributed by atoms with Crippen molar-refractivity contribution in [3.63, 3.8) is 0 Å². The van der Waals surface area contributed by atoms with Crippen LogP contribution < -0.4 is 0 Å². The summed E-state index contributed by atoms with van der Waals surface area (Å²) < 4.78 is 0. The molecule has 0 aromatic heterocycles. The van der Waals surface area contributed by atoms with Crippen LogP contribution in [-0.4, -0.2) is 90.3 Å². The quantitative estimate of drug-likeness (QED) is 0.309. The standard InChI is InChI=1S/Ca.FH.Mg.Na.5H/h;1H;;;;;;;. The van der Waals surface area contributed by atoms with Gasteiger partial charge in [-0.15, -0.1) is 0 Å². The van der Waals surface area contributed by atoms with Gasteiger partial charge in [0.1, 0.15) is 0 Å². The van der Waals surface area contributed by atoms with Crippen LogP contribution in [0, 0.1) is 0 Å². The summed E-state index contributed by atoms with van der Waals surface area (Å²) in [5.41, 5.74) is 0. The number of hydrogen-bond donors (Lipinski definition) is 0. The zero-order valence-electron chi connectivity index (χ0n) is 0.408. The molecule has 0 N–H and O–H groups in total. The molecule has 0 atom stereocenters. The molecule has 0 aromatic rings. The van der Waals surface area contributed by atoms with E-state index in [0.29, 0.717) is 0 Å². The zero-order valence-corrected chi connectivity index (χ0v) is 0.408. The van der Waals surface area contributed by atoms with Gasteiger partial charge in [-0.25, -0.2) is 0 Å². The van der Waals surface area contributed by atoms with Crippen LogP contribution in [0.15, 0.2) is 0 Å².